The Balaban J connectivity index is 0.944. The van der Waals surface area contributed by atoms with Gasteiger partial charge in [0.1, 0.15) is 50.7 Å². The van der Waals surface area contributed by atoms with Gasteiger partial charge in [0.25, 0.3) is 0 Å². The van der Waals surface area contributed by atoms with Gasteiger partial charge in [0.2, 0.25) is 11.6 Å². The molecule has 0 amide bonds. The second kappa shape index (κ2) is 13.1. The van der Waals surface area contributed by atoms with E-state index in [1.807, 2.05) is 24.3 Å². The molecule has 0 radical (unpaired) electrons. The number of rotatable bonds is 4. The van der Waals surface area contributed by atoms with E-state index in [9.17, 15) is 8.78 Å². The summed E-state index contributed by atoms with van der Waals surface area (Å²) in [5.41, 5.74) is 3.32. The van der Waals surface area contributed by atoms with Crippen LogP contribution in [0.2, 0.25) is 0 Å². The average molecular weight is 947 g/mol. The van der Waals surface area contributed by atoms with E-state index < -0.39 is 92.6 Å². The second-order valence-corrected chi connectivity index (χ2v) is 21.8. The number of halogens is 10. The van der Waals surface area contributed by atoms with Gasteiger partial charge in [-0.05, 0) is 34.4 Å². The first-order valence-electron chi connectivity index (χ1n) is 23.9. The van der Waals surface area contributed by atoms with Crippen LogP contribution in [0.1, 0.15) is 47.9 Å². The van der Waals surface area contributed by atoms with Gasteiger partial charge in [0, 0.05) is 60.7 Å². The predicted molar refractivity (Wildman–Crippen MR) is 224 cm³/mol. The molecular formula is C52H44F10N4O2+2. The first kappa shape index (κ1) is 40.9. The van der Waals surface area contributed by atoms with Crippen molar-refractivity contribution < 1.29 is 62.3 Å². The van der Waals surface area contributed by atoms with Crippen molar-refractivity contribution in [3.05, 3.63) is 152 Å². The molecule has 2 spiro atoms. The standard InChI is InChI=1S/C52H44F10N4O2/c53-37-27(38(54)42(58)45(61)41(37)57)21-65-13-11-51-29-5-1-3-7-31(29)63-47(51)35-25(17-33(51)65)23(19-65)10-16-68-50(35)64-32-8-4-2-6-30(32)52-12-14-66(22-28-39(55)43(59)46(62)44(60)40(28)56)20-24-9-15-67-49(63)36(48(52)64)26(24)18-34(52)66/h1-10,25-26,33-36,47-50H,11-22H2/q+2/t25?,26?,33?,34?,35?,36?,47?,48?,49?,50?,51?,52?,65-,66-/m0/s1. The number of hydrogen-bond donors (Lipinski definition) is 0. The zero-order valence-electron chi connectivity index (χ0n) is 36.4. The number of ether oxygens (including phenoxy) is 2. The molecule has 0 N–H and O–H groups in total. The van der Waals surface area contributed by atoms with E-state index in [0.29, 0.717) is 51.9 Å². The van der Waals surface area contributed by atoms with Crippen LogP contribution in [-0.4, -0.2) is 85.0 Å². The van der Waals surface area contributed by atoms with Gasteiger partial charge in [0.05, 0.1) is 60.3 Å². The van der Waals surface area contributed by atoms with Gasteiger partial charge in [-0.25, -0.2) is 43.9 Å². The summed E-state index contributed by atoms with van der Waals surface area (Å²) in [6.07, 6.45) is 5.45. The van der Waals surface area contributed by atoms with E-state index in [-0.39, 0.29) is 83.1 Å². The first-order valence-corrected chi connectivity index (χ1v) is 23.9. The molecular weight excluding hydrogens is 903 g/mol. The van der Waals surface area contributed by atoms with Crippen molar-refractivity contribution >= 4 is 11.4 Å². The van der Waals surface area contributed by atoms with Crippen LogP contribution < -0.4 is 9.80 Å². The Morgan fingerprint density at radius 1 is 0.500 bits per heavy atom. The van der Waals surface area contributed by atoms with Gasteiger partial charge in [-0.3, -0.25) is 0 Å². The van der Waals surface area contributed by atoms with Gasteiger partial charge in [0.15, 0.2) is 46.5 Å². The fourth-order valence-corrected chi connectivity index (χ4v) is 18.0. The summed E-state index contributed by atoms with van der Waals surface area (Å²) in [6.45, 7) is 1.23. The zero-order chi connectivity index (χ0) is 46.3. The van der Waals surface area contributed by atoms with Crippen LogP contribution in [0.3, 0.4) is 0 Å². The summed E-state index contributed by atoms with van der Waals surface area (Å²) in [5, 5.41) is 0. The SMILES string of the molecule is Fc1c(F)c(F)c(C[N@+]23CCC45c6ccccc6N6C7OCC=C8C[N@+]9(Cc%10c(F)c(F)c(F)c(F)c%10F)CCC%10%11c%12ccccc%12N(C%12OCC=C(C2)C(CC43)C%12C65)C%10C7C8CC%119)c(F)c1F. The van der Waals surface area contributed by atoms with Crippen molar-refractivity contribution in [3.63, 3.8) is 0 Å². The van der Waals surface area contributed by atoms with E-state index in [0.717, 1.165) is 33.6 Å². The molecule has 4 aromatic rings. The summed E-state index contributed by atoms with van der Waals surface area (Å²) in [4.78, 5) is 5.02. The molecule has 15 rings (SSSR count). The molecule has 9 heterocycles. The average Bonchev–Trinajstić information content (AvgIpc) is 3.97. The molecule has 6 nitrogen and oxygen atoms in total. The molecule has 7 fully saturated rings. The monoisotopic (exact) mass is 946 g/mol. The second-order valence-electron chi connectivity index (χ2n) is 21.8. The Morgan fingerprint density at radius 3 is 1.26 bits per heavy atom. The molecule has 352 valence electrons. The third-order valence-corrected chi connectivity index (χ3v) is 20.0. The Kier molecular flexibility index (Phi) is 7.88. The highest BCUT2D eigenvalue weighted by Gasteiger charge is 2.81. The zero-order valence-corrected chi connectivity index (χ0v) is 36.4. The third kappa shape index (κ3) is 4.43. The predicted octanol–water partition coefficient (Wildman–Crippen LogP) is 9.09. The largest absolute Gasteiger partial charge is 0.354 e. The van der Waals surface area contributed by atoms with Crippen molar-refractivity contribution in [3.8, 4) is 0 Å². The third-order valence-electron chi connectivity index (χ3n) is 20.0. The number of fused-ring (bicyclic) bond motifs is 6. The van der Waals surface area contributed by atoms with Gasteiger partial charge in [-0.1, -0.05) is 48.6 Å². The van der Waals surface area contributed by atoms with Gasteiger partial charge < -0.3 is 28.2 Å². The van der Waals surface area contributed by atoms with Crippen LogP contribution in [-0.2, 0) is 33.4 Å². The lowest BCUT2D eigenvalue weighted by atomic mass is 9.52. The van der Waals surface area contributed by atoms with E-state index in [1.54, 1.807) is 0 Å². The Bertz CT molecular complexity index is 2800. The number of benzene rings is 4. The summed E-state index contributed by atoms with van der Waals surface area (Å²) >= 11 is 0. The van der Waals surface area contributed by atoms with Crippen LogP contribution in [0.5, 0.6) is 0 Å². The minimum absolute atomic E-state index is 0.0985. The molecule has 11 aliphatic rings. The van der Waals surface area contributed by atoms with Crippen LogP contribution in [0.25, 0.3) is 0 Å². The van der Waals surface area contributed by atoms with Gasteiger partial charge in [-0.15, -0.1) is 0 Å². The topological polar surface area (TPSA) is 24.9 Å². The normalized spacial score (nSPS) is 40.0. The maximum absolute atomic E-state index is 15.8. The minimum Gasteiger partial charge on any atom is -0.354 e. The number of piperidine rings is 2. The Labute approximate surface area is 384 Å². The van der Waals surface area contributed by atoms with E-state index in [2.05, 4.69) is 46.2 Å². The van der Waals surface area contributed by atoms with E-state index in [4.69, 9.17) is 9.47 Å². The maximum atomic E-state index is 15.8. The number of nitrogens with zero attached hydrogens (tertiary/aromatic N) is 4. The fourth-order valence-electron chi connectivity index (χ4n) is 18.0. The summed E-state index contributed by atoms with van der Waals surface area (Å²) in [7, 11) is 0. The van der Waals surface area contributed by atoms with Gasteiger partial charge in [-0.2, -0.15) is 0 Å². The summed E-state index contributed by atoms with van der Waals surface area (Å²) in [5.74, 6) is -19.9. The summed E-state index contributed by atoms with van der Waals surface area (Å²) in [6, 6.07) is 15.5. The minimum atomic E-state index is -2.18. The number of anilines is 2. The molecule has 14 atom stereocenters. The molecule has 0 aromatic heterocycles. The Hall–Kier alpha value is -4.90. The molecule has 9 aliphatic heterocycles. The number of quaternary nitrogens is 2. The molecule has 12 unspecified atom stereocenters. The van der Waals surface area contributed by atoms with Crippen molar-refractivity contribution in [2.24, 2.45) is 23.7 Å². The van der Waals surface area contributed by atoms with E-state index in [1.165, 1.54) is 0 Å². The summed E-state index contributed by atoms with van der Waals surface area (Å²) < 4.78 is 167. The van der Waals surface area contributed by atoms with Crippen molar-refractivity contribution in [1.82, 2.24) is 0 Å². The fraction of sp³-hybridized carbons (Fsp3) is 0.462. The van der Waals surface area contributed by atoms with Gasteiger partial charge >= 0.3 is 0 Å². The lowest BCUT2D eigenvalue weighted by molar-refractivity contribution is -0.956. The molecule has 4 aromatic carbocycles. The molecule has 16 heteroatoms. The van der Waals surface area contributed by atoms with Crippen LogP contribution in [0.4, 0.5) is 55.3 Å². The highest BCUT2D eigenvalue weighted by Crippen LogP contribution is 2.73. The van der Waals surface area contributed by atoms with Crippen molar-refractivity contribution in [1.29, 1.82) is 0 Å². The van der Waals surface area contributed by atoms with Crippen LogP contribution >= 0.6 is 0 Å². The van der Waals surface area contributed by atoms with Crippen molar-refractivity contribution in [2.45, 2.75) is 86.2 Å². The van der Waals surface area contributed by atoms with Crippen LogP contribution in [0.15, 0.2) is 71.8 Å². The lowest BCUT2D eigenvalue weighted by Crippen LogP contribution is -2.78. The quantitative estimate of drug-likeness (QED) is 0.0671. The highest BCUT2D eigenvalue weighted by atomic mass is 19.2. The smallest absolute Gasteiger partial charge is 0.200 e. The van der Waals surface area contributed by atoms with Crippen LogP contribution in [0, 0.1) is 81.8 Å². The molecule has 4 bridgehead atoms. The molecule has 5 saturated heterocycles. The lowest BCUT2D eigenvalue weighted by Gasteiger charge is -2.65. The number of para-hydroxylation sites is 2. The van der Waals surface area contributed by atoms with Crippen molar-refractivity contribution in [2.75, 3.05) is 49.2 Å². The maximum Gasteiger partial charge on any atom is 0.200 e. The first-order chi connectivity index (χ1) is 32.8. The highest BCUT2D eigenvalue weighted by molar-refractivity contribution is 5.72. The molecule has 2 aliphatic carbocycles. The van der Waals surface area contributed by atoms with E-state index >= 15 is 35.1 Å². The number of hydrogen-bond acceptors (Lipinski definition) is 4. The Morgan fingerprint density at radius 2 is 0.868 bits per heavy atom. The molecule has 68 heavy (non-hydrogen) atoms. The molecule has 2 saturated carbocycles.